The maximum Gasteiger partial charge on any atom is 0.202 e. The molecule has 4 N–H and O–H groups in total. The van der Waals surface area contributed by atoms with Crippen LogP contribution in [0.15, 0.2) is 63.1 Å². The van der Waals surface area contributed by atoms with Gasteiger partial charge in [-0.3, -0.25) is 0 Å². The molecule has 0 fully saturated rings. The molecule has 0 unspecified atom stereocenters. The molecular formula is C20H18N4O3S. The lowest BCUT2D eigenvalue weighted by molar-refractivity contribution is 0.320. The van der Waals surface area contributed by atoms with Crippen LogP contribution in [0.25, 0.3) is 27.8 Å². The van der Waals surface area contributed by atoms with E-state index in [0.717, 1.165) is 38.4 Å². The van der Waals surface area contributed by atoms with Crippen LogP contribution < -0.4 is 5.73 Å². The van der Waals surface area contributed by atoms with Crippen LogP contribution in [-0.4, -0.2) is 25.2 Å². The first kappa shape index (κ1) is 18.0. The van der Waals surface area contributed by atoms with Crippen LogP contribution >= 0.6 is 11.8 Å². The predicted octanol–water partition coefficient (Wildman–Crippen LogP) is 4.40. The maximum atomic E-state index is 9.72. The molecule has 4 aromatic rings. The first-order valence-electron chi connectivity index (χ1n) is 8.52. The molecule has 0 bridgehead atoms. The number of nitrogens with two attached hydrogens (primary N) is 1. The summed E-state index contributed by atoms with van der Waals surface area (Å²) in [5.74, 6) is 0.854. The molecule has 7 nitrogen and oxygen atoms in total. The molecule has 2 aromatic carbocycles. The van der Waals surface area contributed by atoms with Gasteiger partial charge in [0.25, 0.3) is 0 Å². The van der Waals surface area contributed by atoms with Crippen molar-refractivity contribution in [3.05, 3.63) is 60.0 Å². The summed E-state index contributed by atoms with van der Waals surface area (Å²) >= 11 is 1.17. The largest absolute Gasteiger partial charge is 0.508 e. The molecule has 0 aliphatic rings. The molecule has 2 heterocycles. The normalized spacial score (nSPS) is 12.0. The van der Waals surface area contributed by atoms with Crippen molar-refractivity contribution < 1.29 is 14.8 Å². The number of para-hydroxylation sites is 1. The number of phenolic OH excluding ortho intramolecular Hbond substituents is 1. The number of fused-ring (bicyclic) bond motifs is 1. The molecule has 0 aliphatic heterocycles. The molecule has 0 saturated heterocycles. The highest BCUT2D eigenvalue weighted by Crippen LogP contribution is 2.44. The van der Waals surface area contributed by atoms with E-state index in [1.54, 1.807) is 12.1 Å². The van der Waals surface area contributed by atoms with Crippen LogP contribution in [0.3, 0.4) is 0 Å². The lowest BCUT2D eigenvalue weighted by Crippen LogP contribution is -2.06. The Kier molecular flexibility index (Phi) is 4.48. The fourth-order valence-electron chi connectivity index (χ4n) is 3.35. The second kappa shape index (κ2) is 6.97. The van der Waals surface area contributed by atoms with Gasteiger partial charge >= 0.3 is 0 Å². The Balaban J connectivity index is 2.15. The molecule has 2 aromatic heterocycles. The van der Waals surface area contributed by atoms with Gasteiger partial charge < -0.3 is 25.1 Å². The Morgan fingerprint density at radius 3 is 2.50 bits per heavy atom. The zero-order valence-corrected chi connectivity index (χ0v) is 16.1. The highest BCUT2D eigenvalue weighted by Gasteiger charge is 2.25. The molecule has 0 saturated carbocycles. The molecule has 4 rings (SSSR count). The number of hydrogen-bond donors (Lipinski definition) is 3. The van der Waals surface area contributed by atoms with Gasteiger partial charge in [0.15, 0.2) is 0 Å². The molecule has 0 aliphatic carbocycles. The van der Waals surface area contributed by atoms with E-state index >= 15 is 0 Å². The van der Waals surface area contributed by atoms with Crippen molar-refractivity contribution in [3.63, 3.8) is 0 Å². The maximum absolute atomic E-state index is 9.72. The Hall–Kier alpha value is -3.39. The highest BCUT2D eigenvalue weighted by atomic mass is 32.2. The van der Waals surface area contributed by atoms with Crippen molar-refractivity contribution >= 4 is 27.8 Å². The molecule has 8 heteroatoms. The van der Waals surface area contributed by atoms with Crippen molar-refractivity contribution in [1.29, 1.82) is 0 Å². The Bertz CT molecular complexity index is 1170. The summed E-state index contributed by atoms with van der Waals surface area (Å²) in [6.07, 6.45) is 0. The standard InChI is InChI=1S/C20H18N4O3S/c1-11-17(12(2)27-23-11)18-19(28-20(21)22-26)15-5-3-4-6-16(15)24(18)13-7-9-14(25)10-8-13/h3-10,25-26H,1-2H3,(H2,21,22). The van der Waals surface area contributed by atoms with Crippen LogP contribution in [-0.2, 0) is 0 Å². The van der Waals surface area contributed by atoms with Gasteiger partial charge in [0.2, 0.25) is 5.17 Å². The molecule has 0 radical (unpaired) electrons. The first-order valence-corrected chi connectivity index (χ1v) is 9.34. The third-order valence-corrected chi connectivity index (χ3v) is 5.42. The van der Waals surface area contributed by atoms with Crippen molar-refractivity contribution in [3.8, 4) is 22.7 Å². The summed E-state index contributed by atoms with van der Waals surface area (Å²) in [6, 6.07) is 14.8. The minimum absolute atomic E-state index is 0.0293. The Labute approximate surface area is 165 Å². The summed E-state index contributed by atoms with van der Waals surface area (Å²) in [6.45, 7) is 3.73. The number of rotatable bonds is 3. The second-order valence-electron chi connectivity index (χ2n) is 6.29. The fraction of sp³-hybridized carbons (Fsp3) is 0.100. The zero-order valence-electron chi connectivity index (χ0n) is 15.2. The van der Waals surface area contributed by atoms with E-state index in [0.29, 0.717) is 5.76 Å². The fourth-order valence-corrected chi connectivity index (χ4v) is 4.18. The SMILES string of the molecule is Cc1noc(C)c1-c1c(S/C(N)=N\O)c2ccccc2n1-c1ccc(O)cc1. The van der Waals surface area contributed by atoms with Crippen molar-refractivity contribution in [2.45, 2.75) is 18.7 Å². The Morgan fingerprint density at radius 1 is 1.14 bits per heavy atom. The van der Waals surface area contributed by atoms with Crippen LogP contribution in [0, 0.1) is 13.8 Å². The first-order chi connectivity index (χ1) is 13.5. The number of aryl methyl sites for hydroxylation is 2. The summed E-state index contributed by atoms with van der Waals surface area (Å²) in [5, 5.41) is 27.1. The van der Waals surface area contributed by atoms with E-state index in [2.05, 4.69) is 14.9 Å². The number of aromatic hydroxyl groups is 1. The number of hydrogen-bond acceptors (Lipinski definition) is 6. The van der Waals surface area contributed by atoms with Gasteiger partial charge in [-0.2, -0.15) is 0 Å². The van der Waals surface area contributed by atoms with Crippen LogP contribution in [0.1, 0.15) is 11.5 Å². The van der Waals surface area contributed by atoms with Crippen LogP contribution in [0.4, 0.5) is 0 Å². The lowest BCUT2D eigenvalue weighted by atomic mass is 10.1. The van der Waals surface area contributed by atoms with Gasteiger partial charge in [-0.1, -0.05) is 28.5 Å². The highest BCUT2D eigenvalue weighted by molar-refractivity contribution is 8.14. The molecule has 0 atom stereocenters. The quantitative estimate of drug-likeness (QED) is 0.156. The van der Waals surface area contributed by atoms with E-state index in [-0.39, 0.29) is 10.9 Å². The van der Waals surface area contributed by atoms with E-state index in [1.165, 1.54) is 11.8 Å². The summed E-state index contributed by atoms with van der Waals surface area (Å²) in [5.41, 5.74) is 10.1. The number of oxime groups is 1. The lowest BCUT2D eigenvalue weighted by Gasteiger charge is -2.12. The third-order valence-electron chi connectivity index (χ3n) is 4.51. The minimum atomic E-state index is 0.0293. The molecule has 142 valence electrons. The van der Waals surface area contributed by atoms with Gasteiger partial charge in [-0.15, -0.1) is 0 Å². The number of nitrogens with zero attached hydrogens (tertiary/aromatic N) is 3. The number of thioether (sulfide) groups is 1. The number of benzene rings is 2. The van der Waals surface area contributed by atoms with Gasteiger partial charge in [0, 0.05) is 16.0 Å². The van der Waals surface area contributed by atoms with Gasteiger partial charge in [-0.05, 0) is 55.9 Å². The zero-order chi connectivity index (χ0) is 19.8. The average Bonchev–Trinajstić information content (AvgIpc) is 3.19. The van der Waals surface area contributed by atoms with E-state index in [4.69, 9.17) is 15.5 Å². The summed E-state index contributed by atoms with van der Waals surface area (Å²) in [4.78, 5) is 0.827. The van der Waals surface area contributed by atoms with Crippen molar-refractivity contribution in [2.75, 3.05) is 0 Å². The molecule has 0 spiro atoms. The van der Waals surface area contributed by atoms with Gasteiger partial charge in [0.1, 0.15) is 11.5 Å². The van der Waals surface area contributed by atoms with Crippen molar-refractivity contribution in [1.82, 2.24) is 9.72 Å². The third kappa shape index (κ3) is 2.87. The van der Waals surface area contributed by atoms with Gasteiger partial charge in [-0.25, -0.2) is 0 Å². The van der Waals surface area contributed by atoms with E-state index in [9.17, 15) is 5.11 Å². The van der Waals surface area contributed by atoms with Crippen LogP contribution in [0.5, 0.6) is 5.75 Å². The smallest absolute Gasteiger partial charge is 0.202 e. The van der Waals surface area contributed by atoms with Crippen molar-refractivity contribution in [2.24, 2.45) is 10.9 Å². The number of phenols is 1. The van der Waals surface area contributed by atoms with E-state index in [1.807, 2.05) is 50.2 Å². The van der Waals surface area contributed by atoms with E-state index < -0.39 is 0 Å². The number of amidine groups is 1. The molecule has 0 amide bonds. The van der Waals surface area contributed by atoms with Crippen LogP contribution in [0.2, 0.25) is 0 Å². The Morgan fingerprint density at radius 2 is 1.86 bits per heavy atom. The molecular weight excluding hydrogens is 376 g/mol. The second-order valence-corrected chi connectivity index (χ2v) is 7.32. The average molecular weight is 394 g/mol. The van der Waals surface area contributed by atoms with Gasteiger partial charge in [0.05, 0.1) is 22.5 Å². The minimum Gasteiger partial charge on any atom is -0.508 e. The predicted molar refractivity (Wildman–Crippen MR) is 109 cm³/mol. The molecule has 28 heavy (non-hydrogen) atoms. The summed E-state index contributed by atoms with van der Waals surface area (Å²) < 4.78 is 7.48. The number of aromatic nitrogens is 2. The summed E-state index contributed by atoms with van der Waals surface area (Å²) in [7, 11) is 0. The monoisotopic (exact) mass is 394 g/mol. The topological polar surface area (TPSA) is 110 Å².